The first-order valence-electron chi connectivity index (χ1n) is 6.16. The molecule has 0 aliphatic carbocycles. The molecule has 4 heterocycles. The van der Waals surface area contributed by atoms with Gasteiger partial charge in [0.25, 0.3) is 0 Å². The Labute approximate surface area is 108 Å². The van der Waals surface area contributed by atoms with Crippen molar-refractivity contribution in [3.63, 3.8) is 0 Å². The number of aromatic nitrogens is 2. The van der Waals surface area contributed by atoms with E-state index in [0.717, 1.165) is 43.0 Å². The molecule has 2 atom stereocenters. The average Bonchev–Trinajstić information content (AvgIpc) is 3.03. The van der Waals surface area contributed by atoms with Crippen LogP contribution in [0.2, 0.25) is 0 Å². The van der Waals surface area contributed by atoms with Crippen LogP contribution in [0.1, 0.15) is 23.3 Å². The summed E-state index contributed by atoms with van der Waals surface area (Å²) in [5.74, 6) is 0.817. The van der Waals surface area contributed by atoms with E-state index in [4.69, 9.17) is 4.74 Å². The summed E-state index contributed by atoms with van der Waals surface area (Å²) in [6, 6.07) is 0. The standard InChI is InChI=1S/C12H13N3O2S/c16-7-10-11(13-12-15(10)3-4-18-12)14-5-8-1-2-9(6-14)17-8/h3-4,7-9H,1-2,5-6H2. The molecule has 6 heteroatoms. The monoisotopic (exact) mass is 263 g/mol. The first-order chi connectivity index (χ1) is 8.85. The van der Waals surface area contributed by atoms with Crippen molar-refractivity contribution >= 4 is 28.4 Å². The van der Waals surface area contributed by atoms with Crippen molar-refractivity contribution in [2.75, 3.05) is 18.0 Å². The highest BCUT2D eigenvalue weighted by Gasteiger charge is 2.35. The van der Waals surface area contributed by atoms with Crippen molar-refractivity contribution in [1.29, 1.82) is 0 Å². The first-order valence-corrected chi connectivity index (χ1v) is 7.04. The van der Waals surface area contributed by atoms with Gasteiger partial charge >= 0.3 is 0 Å². The molecule has 0 spiro atoms. The van der Waals surface area contributed by atoms with Gasteiger partial charge in [-0.1, -0.05) is 0 Å². The minimum atomic E-state index is 0.308. The van der Waals surface area contributed by atoms with E-state index < -0.39 is 0 Å². The number of anilines is 1. The van der Waals surface area contributed by atoms with E-state index in [1.54, 1.807) is 11.3 Å². The van der Waals surface area contributed by atoms with E-state index in [2.05, 4.69) is 9.88 Å². The topological polar surface area (TPSA) is 46.8 Å². The number of carbonyl (C=O) groups is 1. The summed E-state index contributed by atoms with van der Waals surface area (Å²) < 4.78 is 7.68. The van der Waals surface area contributed by atoms with Crippen molar-refractivity contribution < 1.29 is 9.53 Å². The summed E-state index contributed by atoms with van der Waals surface area (Å²) >= 11 is 1.55. The smallest absolute Gasteiger partial charge is 0.196 e. The highest BCUT2D eigenvalue weighted by Crippen LogP contribution is 2.31. The Bertz CT molecular complexity index is 594. The molecule has 2 saturated heterocycles. The molecular weight excluding hydrogens is 250 g/mol. The molecule has 5 nitrogen and oxygen atoms in total. The maximum absolute atomic E-state index is 11.3. The number of imidazole rings is 1. The molecule has 2 unspecified atom stereocenters. The minimum Gasteiger partial charge on any atom is -0.371 e. The second-order valence-corrected chi connectivity index (χ2v) is 5.73. The van der Waals surface area contributed by atoms with E-state index >= 15 is 0 Å². The molecule has 0 aromatic carbocycles. The Kier molecular flexibility index (Phi) is 2.22. The number of ether oxygens (including phenoxy) is 1. The van der Waals surface area contributed by atoms with E-state index in [1.165, 1.54) is 0 Å². The van der Waals surface area contributed by atoms with Crippen molar-refractivity contribution in [2.24, 2.45) is 0 Å². The van der Waals surface area contributed by atoms with Crippen molar-refractivity contribution in [2.45, 2.75) is 25.0 Å². The Morgan fingerprint density at radius 2 is 2.17 bits per heavy atom. The van der Waals surface area contributed by atoms with Gasteiger partial charge in [0.05, 0.1) is 12.2 Å². The molecule has 0 N–H and O–H groups in total. The average molecular weight is 263 g/mol. The Morgan fingerprint density at radius 1 is 1.39 bits per heavy atom. The highest BCUT2D eigenvalue weighted by molar-refractivity contribution is 7.15. The third-order valence-electron chi connectivity index (χ3n) is 3.73. The summed E-state index contributed by atoms with van der Waals surface area (Å²) in [4.78, 5) is 19.0. The Morgan fingerprint density at radius 3 is 2.89 bits per heavy atom. The van der Waals surface area contributed by atoms with Gasteiger partial charge in [-0.25, -0.2) is 4.98 Å². The van der Waals surface area contributed by atoms with E-state index in [9.17, 15) is 4.79 Å². The van der Waals surface area contributed by atoms with Crippen LogP contribution in [0.15, 0.2) is 11.6 Å². The lowest BCUT2D eigenvalue weighted by Gasteiger charge is -2.32. The predicted octanol–water partition coefficient (Wildman–Crippen LogP) is 1.58. The number of morpholine rings is 1. The van der Waals surface area contributed by atoms with Gasteiger partial charge in [0, 0.05) is 24.7 Å². The Hall–Kier alpha value is -1.40. The minimum absolute atomic E-state index is 0.308. The van der Waals surface area contributed by atoms with Crippen LogP contribution in [0.4, 0.5) is 5.82 Å². The van der Waals surface area contributed by atoms with Crippen molar-refractivity contribution in [3.8, 4) is 0 Å². The third-order valence-corrected chi connectivity index (χ3v) is 4.49. The third kappa shape index (κ3) is 1.42. The summed E-state index contributed by atoms with van der Waals surface area (Å²) in [6.07, 6.45) is 5.67. The Balaban J connectivity index is 1.77. The van der Waals surface area contributed by atoms with Crippen LogP contribution in [0.5, 0.6) is 0 Å². The number of hydrogen-bond acceptors (Lipinski definition) is 5. The van der Waals surface area contributed by atoms with Crippen LogP contribution in [-0.2, 0) is 4.74 Å². The number of hydrogen-bond donors (Lipinski definition) is 0. The lowest BCUT2D eigenvalue weighted by Crippen LogP contribution is -2.43. The van der Waals surface area contributed by atoms with Gasteiger partial charge in [-0.3, -0.25) is 9.20 Å². The fraction of sp³-hybridized carbons (Fsp3) is 0.500. The summed E-state index contributed by atoms with van der Waals surface area (Å²) in [5.41, 5.74) is 0.660. The highest BCUT2D eigenvalue weighted by atomic mass is 32.1. The van der Waals surface area contributed by atoms with Gasteiger partial charge in [-0.15, -0.1) is 11.3 Å². The fourth-order valence-corrected chi connectivity index (χ4v) is 3.64. The summed E-state index contributed by atoms with van der Waals surface area (Å²) in [6.45, 7) is 1.70. The van der Waals surface area contributed by atoms with Crippen LogP contribution < -0.4 is 4.90 Å². The SMILES string of the molecule is O=Cc1c(N2CC3CCC(C2)O3)nc2sccn12. The van der Waals surface area contributed by atoms with E-state index in [0.29, 0.717) is 17.9 Å². The zero-order valence-electron chi connectivity index (χ0n) is 9.78. The quantitative estimate of drug-likeness (QED) is 0.772. The fourth-order valence-electron chi connectivity index (χ4n) is 2.92. The molecule has 0 saturated carbocycles. The number of rotatable bonds is 2. The lowest BCUT2D eigenvalue weighted by atomic mass is 10.2. The van der Waals surface area contributed by atoms with Crippen LogP contribution in [0.25, 0.3) is 4.96 Å². The van der Waals surface area contributed by atoms with Gasteiger partial charge in [-0.05, 0) is 12.8 Å². The molecule has 18 heavy (non-hydrogen) atoms. The van der Waals surface area contributed by atoms with Gasteiger partial charge in [0.15, 0.2) is 17.1 Å². The predicted molar refractivity (Wildman–Crippen MR) is 68.6 cm³/mol. The van der Waals surface area contributed by atoms with Crippen LogP contribution in [0, 0.1) is 0 Å². The maximum Gasteiger partial charge on any atom is 0.196 e. The summed E-state index contributed by atoms with van der Waals surface area (Å²) in [7, 11) is 0. The van der Waals surface area contributed by atoms with Gasteiger partial charge in [0.1, 0.15) is 5.69 Å². The number of thiazole rings is 1. The van der Waals surface area contributed by atoms with Crippen LogP contribution >= 0.6 is 11.3 Å². The molecule has 94 valence electrons. The number of nitrogens with zero attached hydrogens (tertiary/aromatic N) is 3. The van der Waals surface area contributed by atoms with Gasteiger partial charge < -0.3 is 9.64 Å². The molecule has 0 radical (unpaired) electrons. The molecule has 2 fully saturated rings. The molecule has 2 aromatic heterocycles. The lowest BCUT2D eigenvalue weighted by molar-refractivity contribution is 0.0302. The van der Waals surface area contributed by atoms with Crippen LogP contribution in [0.3, 0.4) is 0 Å². The van der Waals surface area contributed by atoms with Gasteiger partial charge in [0.2, 0.25) is 0 Å². The zero-order chi connectivity index (χ0) is 12.1. The molecular formula is C12H13N3O2S. The van der Waals surface area contributed by atoms with Crippen molar-refractivity contribution in [3.05, 3.63) is 17.3 Å². The maximum atomic E-state index is 11.3. The zero-order valence-corrected chi connectivity index (χ0v) is 10.6. The summed E-state index contributed by atoms with van der Waals surface area (Å²) in [5, 5.41) is 1.95. The first kappa shape index (κ1) is 10.5. The van der Waals surface area contributed by atoms with Crippen LogP contribution in [-0.4, -0.2) is 41.0 Å². The molecule has 4 rings (SSSR count). The molecule has 0 amide bonds. The molecule has 2 aliphatic rings. The largest absolute Gasteiger partial charge is 0.371 e. The molecule has 2 aromatic rings. The molecule has 2 bridgehead atoms. The van der Waals surface area contributed by atoms with Gasteiger partial charge in [-0.2, -0.15) is 0 Å². The number of aldehydes is 1. The van der Waals surface area contributed by atoms with E-state index in [-0.39, 0.29) is 0 Å². The molecule has 2 aliphatic heterocycles. The second-order valence-electron chi connectivity index (χ2n) is 4.86. The second kappa shape index (κ2) is 3.80. The van der Waals surface area contributed by atoms with Crippen molar-refractivity contribution in [1.82, 2.24) is 9.38 Å². The normalized spacial score (nSPS) is 27.0. The van der Waals surface area contributed by atoms with E-state index in [1.807, 2.05) is 16.0 Å². The number of fused-ring (bicyclic) bond motifs is 3. The number of carbonyl (C=O) groups excluding carboxylic acids is 1.